The highest BCUT2D eigenvalue weighted by atomic mass is 16.6. The summed E-state index contributed by atoms with van der Waals surface area (Å²) in [4.78, 5) is 26.6. The van der Waals surface area contributed by atoms with Crippen molar-refractivity contribution in [1.29, 1.82) is 0 Å². The first-order valence-corrected chi connectivity index (χ1v) is 9.31. The van der Waals surface area contributed by atoms with Gasteiger partial charge >= 0.3 is 6.03 Å². The van der Waals surface area contributed by atoms with Gasteiger partial charge in [0.15, 0.2) is 11.5 Å². The fourth-order valence-electron chi connectivity index (χ4n) is 3.19. The molecule has 0 bridgehead atoms. The molecule has 1 aliphatic heterocycles. The van der Waals surface area contributed by atoms with Gasteiger partial charge in [0.2, 0.25) is 5.91 Å². The molecule has 2 N–H and O–H groups in total. The first-order chi connectivity index (χ1) is 13.6. The van der Waals surface area contributed by atoms with Gasteiger partial charge in [-0.25, -0.2) is 4.79 Å². The number of carbonyl (C=O) groups excluding carboxylic acids is 2. The highest BCUT2D eigenvalue weighted by Crippen LogP contribution is 2.32. The molecule has 0 fully saturated rings. The summed E-state index contributed by atoms with van der Waals surface area (Å²) < 4.78 is 11.2. The van der Waals surface area contributed by atoms with E-state index < -0.39 is 12.1 Å². The van der Waals surface area contributed by atoms with E-state index in [0.717, 1.165) is 16.9 Å². The third kappa shape index (κ3) is 4.80. The van der Waals surface area contributed by atoms with Crippen molar-refractivity contribution in [3.05, 3.63) is 59.7 Å². The molecular weight excluding hydrogens is 358 g/mol. The molecule has 3 amide bonds. The Labute approximate surface area is 164 Å². The lowest BCUT2D eigenvalue weighted by Gasteiger charge is -2.28. The SMILES string of the molecule is CCNC(=O)NC(=O)[C@H](c1ccccc1)N(C)Cc1ccc2c(c1)OCCO2. The average molecular weight is 383 g/mol. The van der Waals surface area contributed by atoms with Crippen LogP contribution in [0.4, 0.5) is 4.79 Å². The zero-order valence-corrected chi connectivity index (χ0v) is 16.1. The quantitative estimate of drug-likeness (QED) is 0.801. The summed E-state index contributed by atoms with van der Waals surface area (Å²) in [5.41, 5.74) is 1.79. The summed E-state index contributed by atoms with van der Waals surface area (Å²) in [6, 6.07) is 14.0. The van der Waals surface area contributed by atoms with Crippen LogP contribution in [0.5, 0.6) is 11.5 Å². The van der Waals surface area contributed by atoms with E-state index in [4.69, 9.17) is 9.47 Å². The molecule has 28 heavy (non-hydrogen) atoms. The Morgan fingerprint density at radius 1 is 1.07 bits per heavy atom. The summed E-state index contributed by atoms with van der Waals surface area (Å²) in [5, 5.41) is 5.01. The third-order valence-corrected chi connectivity index (χ3v) is 4.42. The zero-order valence-electron chi connectivity index (χ0n) is 16.1. The summed E-state index contributed by atoms with van der Waals surface area (Å²) >= 11 is 0. The molecule has 1 atom stereocenters. The molecule has 7 nitrogen and oxygen atoms in total. The first-order valence-electron chi connectivity index (χ1n) is 9.31. The molecule has 0 aromatic heterocycles. The number of amides is 3. The Bertz CT molecular complexity index is 826. The lowest BCUT2D eigenvalue weighted by atomic mass is 10.0. The number of ether oxygens (including phenoxy) is 2. The summed E-state index contributed by atoms with van der Waals surface area (Å²) in [5.74, 6) is 1.06. The van der Waals surface area contributed by atoms with Crippen LogP contribution >= 0.6 is 0 Å². The van der Waals surface area contributed by atoms with Crippen LogP contribution in [0, 0.1) is 0 Å². The third-order valence-electron chi connectivity index (χ3n) is 4.42. The summed E-state index contributed by atoms with van der Waals surface area (Å²) in [7, 11) is 1.85. The van der Waals surface area contributed by atoms with Gasteiger partial charge in [-0.15, -0.1) is 0 Å². The number of fused-ring (bicyclic) bond motifs is 1. The Kier molecular flexibility index (Phi) is 6.49. The van der Waals surface area contributed by atoms with Gasteiger partial charge < -0.3 is 14.8 Å². The van der Waals surface area contributed by atoms with Crippen molar-refractivity contribution in [2.75, 3.05) is 26.8 Å². The molecule has 0 unspecified atom stereocenters. The fourth-order valence-corrected chi connectivity index (χ4v) is 3.19. The van der Waals surface area contributed by atoms with Gasteiger partial charge in [0.05, 0.1) is 0 Å². The molecule has 3 rings (SSSR count). The van der Waals surface area contributed by atoms with Crippen LogP contribution in [0.25, 0.3) is 0 Å². The van der Waals surface area contributed by atoms with Crippen molar-refractivity contribution < 1.29 is 19.1 Å². The zero-order chi connectivity index (χ0) is 19.9. The molecule has 0 aliphatic carbocycles. The van der Waals surface area contributed by atoms with Crippen molar-refractivity contribution in [2.45, 2.75) is 19.5 Å². The maximum absolute atomic E-state index is 12.8. The number of likely N-dealkylation sites (N-methyl/N-ethyl adjacent to an activating group) is 1. The lowest BCUT2D eigenvalue weighted by Crippen LogP contribution is -2.45. The van der Waals surface area contributed by atoms with Crippen molar-refractivity contribution in [3.63, 3.8) is 0 Å². The van der Waals surface area contributed by atoms with E-state index in [1.54, 1.807) is 6.92 Å². The van der Waals surface area contributed by atoms with Crippen LogP contribution in [0.3, 0.4) is 0 Å². The minimum absolute atomic E-state index is 0.378. The van der Waals surface area contributed by atoms with E-state index in [2.05, 4.69) is 10.6 Å². The number of rotatable bonds is 6. The lowest BCUT2D eigenvalue weighted by molar-refractivity contribution is -0.125. The smallest absolute Gasteiger partial charge is 0.321 e. The molecule has 2 aromatic rings. The van der Waals surface area contributed by atoms with Crippen LogP contribution in [-0.4, -0.2) is 43.6 Å². The minimum atomic E-state index is -0.614. The van der Waals surface area contributed by atoms with E-state index in [1.165, 1.54) is 0 Å². The van der Waals surface area contributed by atoms with E-state index in [1.807, 2.05) is 60.5 Å². The minimum Gasteiger partial charge on any atom is -0.486 e. The molecule has 148 valence electrons. The number of imide groups is 1. The second kappa shape index (κ2) is 9.23. The van der Waals surface area contributed by atoms with Gasteiger partial charge in [0, 0.05) is 13.1 Å². The Hall–Kier alpha value is -3.06. The molecule has 1 aliphatic rings. The molecular formula is C21H25N3O4. The predicted molar refractivity (Wildman–Crippen MR) is 105 cm³/mol. The largest absolute Gasteiger partial charge is 0.486 e. The monoisotopic (exact) mass is 383 g/mol. The van der Waals surface area contributed by atoms with Crippen LogP contribution < -0.4 is 20.1 Å². The van der Waals surface area contributed by atoms with Gasteiger partial charge in [-0.1, -0.05) is 36.4 Å². The maximum atomic E-state index is 12.8. The maximum Gasteiger partial charge on any atom is 0.321 e. The standard InChI is InChI=1S/C21H25N3O4/c1-3-22-21(26)23-20(25)19(16-7-5-4-6-8-16)24(2)14-15-9-10-17-18(13-15)28-12-11-27-17/h4-10,13,19H,3,11-12,14H2,1-2H3,(H2,22,23,25,26)/t19-/m0/s1. The molecule has 7 heteroatoms. The molecule has 0 saturated carbocycles. The molecule has 1 heterocycles. The molecule has 0 radical (unpaired) electrons. The molecule has 0 saturated heterocycles. The Morgan fingerprint density at radius 2 is 1.79 bits per heavy atom. The number of nitrogens with zero attached hydrogens (tertiary/aromatic N) is 1. The van der Waals surface area contributed by atoms with E-state index in [9.17, 15) is 9.59 Å². The van der Waals surface area contributed by atoms with Crippen LogP contribution in [0.2, 0.25) is 0 Å². The highest BCUT2D eigenvalue weighted by Gasteiger charge is 2.27. The number of hydrogen-bond donors (Lipinski definition) is 2. The Balaban J connectivity index is 1.79. The summed E-state index contributed by atoms with van der Waals surface area (Å²) in [6.07, 6.45) is 0. The van der Waals surface area contributed by atoms with Crippen molar-refractivity contribution in [1.82, 2.24) is 15.5 Å². The second-order valence-electron chi connectivity index (χ2n) is 6.56. The second-order valence-corrected chi connectivity index (χ2v) is 6.56. The van der Waals surface area contributed by atoms with E-state index in [-0.39, 0.29) is 5.91 Å². The molecule has 0 spiro atoms. The van der Waals surface area contributed by atoms with Crippen LogP contribution in [0.15, 0.2) is 48.5 Å². The van der Waals surface area contributed by atoms with Crippen molar-refractivity contribution in [3.8, 4) is 11.5 Å². The average Bonchev–Trinajstić information content (AvgIpc) is 2.69. The van der Waals surface area contributed by atoms with Crippen LogP contribution in [0.1, 0.15) is 24.1 Å². The first kappa shape index (κ1) is 19.7. The van der Waals surface area contributed by atoms with Gasteiger partial charge in [0.25, 0.3) is 0 Å². The Morgan fingerprint density at radius 3 is 2.50 bits per heavy atom. The fraction of sp³-hybridized carbons (Fsp3) is 0.333. The highest BCUT2D eigenvalue weighted by molar-refractivity contribution is 5.97. The van der Waals surface area contributed by atoms with Gasteiger partial charge in [-0.3, -0.25) is 15.0 Å². The normalized spacial score (nSPS) is 13.7. The van der Waals surface area contributed by atoms with E-state index >= 15 is 0 Å². The number of hydrogen-bond acceptors (Lipinski definition) is 5. The van der Waals surface area contributed by atoms with Gasteiger partial charge in [0.1, 0.15) is 19.3 Å². The van der Waals surface area contributed by atoms with Gasteiger partial charge in [-0.2, -0.15) is 0 Å². The van der Waals surface area contributed by atoms with E-state index in [0.29, 0.717) is 32.1 Å². The van der Waals surface area contributed by atoms with Crippen molar-refractivity contribution in [2.24, 2.45) is 0 Å². The molecule has 2 aromatic carbocycles. The van der Waals surface area contributed by atoms with Crippen LogP contribution in [-0.2, 0) is 11.3 Å². The van der Waals surface area contributed by atoms with Gasteiger partial charge in [-0.05, 0) is 37.2 Å². The van der Waals surface area contributed by atoms with Crippen molar-refractivity contribution >= 4 is 11.9 Å². The summed E-state index contributed by atoms with van der Waals surface area (Å²) in [6.45, 7) is 3.81. The predicted octanol–water partition coefficient (Wildman–Crippen LogP) is 2.48. The number of benzene rings is 2. The number of urea groups is 1. The number of nitrogens with one attached hydrogen (secondary N) is 2. The number of carbonyl (C=O) groups is 2. The topological polar surface area (TPSA) is 79.9 Å².